The van der Waals surface area contributed by atoms with Gasteiger partial charge in [-0.05, 0) is 161 Å². The largest absolute Gasteiger partial charge is 0.444 e. The number of rotatable bonds is 8. The topological polar surface area (TPSA) is 349 Å². The normalized spacial score (nSPS) is 21.2. The molecule has 0 bridgehead atoms. The molecule has 476 valence electrons. The zero-order valence-corrected chi connectivity index (χ0v) is 52.7. The molecule has 0 spiro atoms. The second-order valence-electron chi connectivity index (χ2n) is 25.8. The van der Waals surface area contributed by atoms with Gasteiger partial charge in [-0.15, -0.1) is 5.10 Å². The van der Waals surface area contributed by atoms with Gasteiger partial charge in [0.05, 0.1) is 87.3 Å². The molecule has 4 atom stereocenters. The Morgan fingerprint density at radius 3 is 1.27 bits per heavy atom. The van der Waals surface area contributed by atoms with Crippen LogP contribution in [0.5, 0.6) is 0 Å². The molecule has 7 rings (SSSR count). The average molecular weight is 1200 g/mol. The van der Waals surface area contributed by atoms with Gasteiger partial charge in [-0.3, -0.25) is 24.3 Å². The van der Waals surface area contributed by atoms with Gasteiger partial charge in [-0.2, -0.15) is 9.78 Å². The van der Waals surface area contributed by atoms with E-state index in [9.17, 15) is 44.2 Å². The number of aromatic nitrogens is 6. The quantitative estimate of drug-likeness (QED) is 0.0919. The highest BCUT2D eigenvalue weighted by Crippen LogP contribution is 2.34. The number of nitrogens with zero attached hydrogens (tertiary/aromatic N) is 11. The maximum Gasteiger partial charge on any atom is 0.413 e. The van der Waals surface area contributed by atoms with Crippen molar-refractivity contribution in [2.24, 2.45) is 0 Å². The first kappa shape index (κ1) is 71.1. The van der Waals surface area contributed by atoms with Crippen molar-refractivity contribution in [2.45, 2.75) is 234 Å². The molecule has 3 aromatic rings. The number of ether oxygens (including phenoxy) is 8. The van der Waals surface area contributed by atoms with Crippen LogP contribution in [-0.2, 0) is 55.8 Å². The zero-order valence-electron chi connectivity index (χ0n) is 52.7. The predicted octanol–water partition coefficient (Wildman–Crippen LogP) is 8.89. The van der Waals surface area contributed by atoms with Crippen LogP contribution in [-0.4, -0.2) is 186 Å². The van der Waals surface area contributed by atoms with E-state index in [1.165, 1.54) is 39.0 Å². The van der Waals surface area contributed by atoms with Gasteiger partial charge in [0.2, 0.25) is 0 Å². The summed E-state index contributed by atoms with van der Waals surface area (Å²) in [6.45, 7) is 40.8. The molecular formula is C54H93N13O17. The van der Waals surface area contributed by atoms with Gasteiger partial charge in [0.15, 0.2) is 0 Å². The van der Waals surface area contributed by atoms with Crippen molar-refractivity contribution in [2.75, 3.05) is 32.2 Å². The minimum atomic E-state index is -0.813. The molecule has 0 saturated carbocycles. The number of nitrogens with two attached hydrogens (primary N) is 1. The van der Waals surface area contributed by atoms with Gasteiger partial charge in [-0.25, -0.2) is 19.2 Å². The van der Waals surface area contributed by atoms with Crippen molar-refractivity contribution in [1.29, 1.82) is 0 Å². The molecule has 4 saturated heterocycles. The number of nitrogens with one attached hydrogen (secondary N) is 1. The van der Waals surface area contributed by atoms with E-state index in [1.807, 2.05) is 76.2 Å². The number of nitro groups is 2. The van der Waals surface area contributed by atoms with Gasteiger partial charge in [-0.1, -0.05) is 12.0 Å². The van der Waals surface area contributed by atoms with Crippen molar-refractivity contribution in [3.05, 3.63) is 57.0 Å². The second kappa shape index (κ2) is 27.7. The number of aromatic amines is 1. The van der Waals surface area contributed by atoms with Gasteiger partial charge >= 0.3 is 36.0 Å². The number of nitrogen functional groups attached to an aromatic ring is 1. The number of aldehydes is 1. The molecule has 4 aliphatic rings. The van der Waals surface area contributed by atoms with Crippen molar-refractivity contribution in [1.82, 2.24) is 49.4 Å². The van der Waals surface area contributed by atoms with E-state index in [0.717, 1.165) is 6.42 Å². The van der Waals surface area contributed by atoms with E-state index >= 15 is 0 Å². The second-order valence-corrected chi connectivity index (χ2v) is 25.8. The Bertz CT molecular complexity index is 2690. The third kappa shape index (κ3) is 21.5. The Morgan fingerprint density at radius 2 is 0.964 bits per heavy atom. The summed E-state index contributed by atoms with van der Waals surface area (Å²) in [5, 5.41) is 34.1. The van der Waals surface area contributed by atoms with Crippen LogP contribution >= 0.6 is 0 Å². The van der Waals surface area contributed by atoms with Crippen LogP contribution in [0.3, 0.4) is 0 Å². The minimum absolute atomic E-state index is 0. The fraction of sp³-hybridized carbons (Fsp3) is 0.741. The van der Waals surface area contributed by atoms with Gasteiger partial charge < -0.3 is 68.7 Å². The Morgan fingerprint density at radius 1 is 0.607 bits per heavy atom. The minimum Gasteiger partial charge on any atom is -0.444 e. The fourth-order valence-electron chi connectivity index (χ4n) is 8.67. The van der Waals surface area contributed by atoms with Gasteiger partial charge in [0.25, 0.3) is 0 Å². The van der Waals surface area contributed by atoms with Crippen LogP contribution in [0.2, 0.25) is 0 Å². The lowest BCUT2D eigenvalue weighted by Gasteiger charge is -2.35. The van der Waals surface area contributed by atoms with Crippen LogP contribution < -0.4 is 5.73 Å². The number of amides is 4. The Balaban J connectivity index is 0.000000372. The summed E-state index contributed by atoms with van der Waals surface area (Å²) in [4.78, 5) is 85.4. The molecule has 0 aromatic carbocycles. The Labute approximate surface area is 492 Å². The molecule has 4 aliphatic heterocycles. The average Bonchev–Trinajstić information content (AvgIpc) is 3.14. The van der Waals surface area contributed by atoms with Crippen LogP contribution in [0.1, 0.15) is 153 Å². The standard InChI is InChI=1S/C14H22N4O5.C14H24N4O3.C12H23NO3.C11H19NO4.C3H3N3O2.H2/c1-13(2,3)23-12(19)17-10(9-22-14(17,4)5)8-16-7-6-11(15-16)18(20)21;1-13(2,3)21-12(19)18-10(9-20-14(18,4)5)8-17-7-6-11(15)16-17;1-7-9-8-15-12(5,6)13(9)10(14)16-11(2,3)4;1-10(2,3)16-9(14)12-8(6-13)7-15-11(12,4)5;7-6(8)3-1-2-4-5-3;/h6-7,10H,8-9H2,1-5H3;6-7,10H,8-9H2,1-5H3,(H2,15,16);9H,7-8H2,1-6H3;6,8H,7H2,1-5H3;1-2H,(H,4,5);1H. The molecule has 4 fully saturated rings. The zero-order chi connectivity index (χ0) is 64.4. The molecule has 3 aromatic heterocycles. The highest BCUT2D eigenvalue weighted by atomic mass is 16.6. The molecule has 3 N–H and O–H groups in total. The lowest BCUT2D eigenvalue weighted by molar-refractivity contribution is -0.389. The molecule has 4 unspecified atom stereocenters. The maximum atomic E-state index is 12.5. The molecule has 4 amide bonds. The van der Waals surface area contributed by atoms with Crippen LogP contribution in [0.25, 0.3) is 0 Å². The number of carbonyl (C=O) groups excluding carboxylic acids is 5. The van der Waals surface area contributed by atoms with Gasteiger partial charge in [0, 0.05) is 7.62 Å². The van der Waals surface area contributed by atoms with Crippen molar-refractivity contribution in [3.8, 4) is 0 Å². The van der Waals surface area contributed by atoms with E-state index in [2.05, 4.69) is 20.4 Å². The summed E-state index contributed by atoms with van der Waals surface area (Å²) >= 11 is 0. The van der Waals surface area contributed by atoms with Crippen molar-refractivity contribution < 1.29 is 73.1 Å². The molecule has 84 heavy (non-hydrogen) atoms. The number of hydrogen-bond donors (Lipinski definition) is 2. The summed E-state index contributed by atoms with van der Waals surface area (Å²) in [7, 11) is 0. The summed E-state index contributed by atoms with van der Waals surface area (Å²) in [6, 6.07) is 3.42. The van der Waals surface area contributed by atoms with Crippen molar-refractivity contribution >= 4 is 48.1 Å². The van der Waals surface area contributed by atoms with E-state index in [1.54, 1.807) is 96.0 Å². The molecule has 7 heterocycles. The smallest absolute Gasteiger partial charge is 0.413 e. The Kier molecular flexibility index (Phi) is 23.4. The first-order valence-electron chi connectivity index (χ1n) is 27.4. The maximum absolute atomic E-state index is 12.5. The van der Waals surface area contributed by atoms with Crippen LogP contribution in [0.15, 0.2) is 36.8 Å². The summed E-state index contributed by atoms with van der Waals surface area (Å²) < 4.78 is 47.1. The lowest BCUT2D eigenvalue weighted by atomic mass is 10.2. The van der Waals surface area contributed by atoms with E-state index < -0.39 is 73.4 Å². The van der Waals surface area contributed by atoms with E-state index in [-0.39, 0.29) is 56.5 Å². The molecular weight excluding hydrogens is 1100 g/mol. The highest BCUT2D eigenvalue weighted by molar-refractivity contribution is 5.75. The summed E-state index contributed by atoms with van der Waals surface area (Å²) in [6.07, 6.45) is 4.54. The summed E-state index contributed by atoms with van der Waals surface area (Å²) in [5.74, 6) is 0.147. The monoisotopic (exact) mass is 1200 g/mol. The van der Waals surface area contributed by atoms with E-state index in [4.69, 9.17) is 43.6 Å². The highest BCUT2D eigenvalue weighted by Gasteiger charge is 2.49. The first-order chi connectivity index (χ1) is 38.2. The SMILES string of the molecule is CC(C)(C)OC(=O)N1C(C=O)COC1(C)C.CC(C)(C)OC(=O)N1C(Cn2ccc(N)n2)COC1(C)C.CC(C)(C)OC(=O)N1C(Cn2ccc([N+](=O)[O-])n2)COC1(C)C.CCC1COC(C)(C)N1C(=O)OC(C)(C)C.O=[N+]([O-])c1ccn[nH]1.[HH]. The number of hydrogen-bond acceptors (Lipinski definition) is 21. The van der Waals surface area contributed by atoms with Crippen LogP contribution in [0.4, 0.5) is 36.6 Å². The third-order valence-corrected chi connectivity index (χ3v) is 12.2. The molecule has 30 nitrogen and oxygen atoms in total. The lowest BCUT2D eigenvalue weighted by Crippen LogP contribution is -2.51. The first-order valence-corrected chi connectivity index (χ1v) is 27.4. The molecule has 30 heteroatoms. The van der Waals surface area contributed by atoms with Gasteiger partial charge in [0.1, 0.15) is 63.5 Å². The van der Waals surface area contributed by atoms with Crippen molar-refractivity contribution in [3.63, 3.8) is 0 Å². The predicted molar refractivity (Wildman–Crippen MR) is 307 cm³/mol. The third-order valence-electron chi connectivity index (χ3n) is 12.2. The molecule has 0 aliphatic carbocycles. The number of H-pyrrole nitrogens is 1. The summed E-state index contributed by atoms with van der Waals surface area (Å²) in [5.41, 5.74) is 0.525. The molecule has 0 radical (unpaired) electrons. The van der Waals surface area contributed by atoms with Crippen LogP contribution in [0, 0.1) is 20.2 Å². The Hall–Kier alpha value is -7.18. The number of anilines is 1. The number of carbonyl (C=O) groups is 5. The fourth-order valence-corrected chi connectivity index (χ4v) is 8.67. The van der Waals surface area contributed by atoms with E-state index in [0.29, 0.717) is 38.5 Å².